The molecule has 2 aromatic rings. The molecule has 0 aliphatic carbocycles. The normalized spacial score (nSPS) is 11.4. The van der Waals surface area contributed by atoms with E-state index in [2.05, 4.69) is 32.7 Å². The second-order valence-corrected chi connectivity index (χ2v) is 6.44. The lowest BCUT2D eigenvalue weighted by Gasteiger charge is -2.17. The number of aryl methyl sites for hydroxylation is 1. The highest BCUT2D eigenvalue weighted by Gasteiger charge is 2.16. The number of nitrogens with one attached hydrogen (secondary N) is 1. The predicted octanol–water partition coefficient (Wildman–Crippen LogP) is 4.78. The van der Waals surface area contributed by atoms with E-state index in [0.29, 0.717) is 24.3 Å². The van der Waals surface area contributed by atoms with E-state index in [0.717, 1.165) is 16.7 Å². The molecule has 118 valence electrons. The predicted molar refractivity (Wildman–Crippen MR) is 89.7 cm³/mol. The SMILES string of the molecule is CC(C)c1cc(CCC(=O)c2ccc[nH]2)cc(C(C)C)c1O. The minimum absolute atomic E-state index is 0.121. The zero-order chi connectivity index (χ0) is 16.3. The Labute approximate surface area is 132 Å². The first-order chi connectivity index (χ1) is 10.4. The molecule has 22 heavy (non-hydrogen) atoms. The van der Waals surface area contributed by atoms with Crippen LogP contribution in [0.2, 0.25) is 0 Å². The van der Waals surface area contributed by atoms with Gasteiger partial charge in [0.2, 0.25) is 0 Å². The summed E-state index contributed by atoms with van der Waals surface area (Å²) in [6.45, 7) is 8.31. The summed E-state index contributed by atoms with van der Waals surface area (Å²) in [6, 6.07) is 7.71. The quantitative estimate of drug-likeness (QED) is 0.754. The number of carbonyl (C=O) groups is 1. The van der Waals surface area contributed by atoms with Crippen molar-refractivity contribution in [3.05, 3.63) is 52.8 Å². The van der Waals surface area contributed by atoms with Gasteiger partial charge in [-0.15, -0.1) is 0 Å². The standard InChI is InChI=1S/C19H25NO2/c1-12(2)15-10-14(11-16(13(3)4)19(15)22)7-8-18(21)17-6-5-9-20-17/h5-6,9-13,20,22H,7-8H2,1-4H3. The molecule has 0 aliphatic rings. The molecule has 0 radical (unpaired) electrons. The molecule has 0 saturated carbocycles. The Morgan fingerprint density at radius 1 is 1.14 bits per heavy atom. The van der Waals surface area contributed by atoms with Gasteiger partial charge in [-0.05, 0) is 47.1 Å². The Bertz CT molecular complexity index is 610. The maximum Gasteiger partial charge on any atom is 0.179 e. The smallest absolute Gasteiger partial charge is 0.179 e. The van der Waals surface area contributed by atoms with Gasteiger partial charge in [0.25, 0.3) is 0 Å². The molecule has 3 heteroatoms. The number of Topliss-reactive ketones (excluding diaryl/α,β-unsaturated/α-hetero) is 1. The van der Waals surface area contributed by atoms with Crippen LogP contribution < -0.4 is 0 Å². The molecule has 1 aromatic carbocycles. The Hall–Kier alpha value is -2.03. The van der Waals surface area contributed by atoms with Crippen molar-refractivity contribution in [1.82, 2.24) is 4.98 Å². The minimum Gasteiger partial charge on any atom is -0.507 e. The van der Waals surface area contributed by atoms with Gasteiger partial charge in [0, 0.05) is 12.6 Å². The van der Waals surface area contributed by atoms with Crippen LogP contribution in [-0.2, 0) is 6.42 Å². The fraction of sp³-hybridized carbons (Fsp3) is 0.421. The van der Waals surface area contributed by atoms with Crippen LogP contribution in [0, 0.1) is 0 Å². The summed E-state index contributed by atoms with van der Waals surface area (Å²) in [6.07, 6.45) is 2.93. The Kier molecular flexibility index (Phi) is 5.07. The zero-order valence-corrected chi connectivity index (χ0v) is 13.8. The van der Waals surface area contributed by atoms with Crippen LogP contribution in [0.5, 0.6) is 5.75 Å². The van der Waals surface area contributed by atoms with Crippen LogP contribution in [0.4, 0.5) is 0 Å². The fourth-order valence-corrected chi connectivity index (χ4v) is 2.67. The Balaban J connectivity index is 2.22. The van der Waals surface area contributed by atoms with Crippen molar-refractivity contribution in [1.29, 1.82) is 0 Å². The van der Waals surface area contributed by atoms with E-state index in [1.54, 1.807) is 12.3 Å². The van der Waals surface area contributed by atoms with Crippen LogP contribution in [0.15, 0.2) is 30.5 Å². The van der Waals surface area contributed by atoms with Gasteiger partial charge >= 0.3 is 0 Å². The average Bonchev–Trinajstić information content (AvgIpc) is 2.99. The van der Waals surface area contributed by atoms with Crippen LogP contribution in [0.25, 0.3) is 0 Å². The summed E-state index contributed by atoms with van der Waals surface area (Å²) >= 11 is 0. The molecule has 0 saturated heterocycles. The monoisotopic (exact) mass is 299 g/mol. The molecule has 0 atom stereocenters. The lowest BCUT2D eigenvalue weighted by Crippen LogP contribution is -2.03. The molecular formula is C19H25NO2. The first-order valence-electron chi connectivity index (χ1n) is 7.92. The van der Waals surface area contributed by atoms with Gasteiger partial charge in [0.05, 0.1) is 5.69 Å². The highest BCUT2D eigenvalue weighted by molar-refractivity contribution is 5.94. The Morgan fingerprint density at radius 2 is 1.73 bits per heavy atom. The Morgan fingerprint density at radius 3 is 2.18 bits per heavy atom. The van der Waals surface area contributed by atoms with Crippen LogP contribution in [-0.4, -0.2) is 15.9 Å². The highest BCUT2D eigenvalue weighted by atomic mass is 16.3. The van der Waals surface area contributed by atoms with E-state index >= 15 is 0 Å². The number of phenolic OH excluding ortho intramolecular Hbond substituents is 1. The molecular weight excluding hydrogens is 274 g/mol. The number of benzene rings is 1. The molecule has 0 unspecified atom stereocenters. The van der Waals surface area contributed by atoms with E-state index < -0.39 is 0 Å². The molecule has 1 aromatic heterocycles. The third-order valence-corrected chi connectivity index (χ3v) is 4.01. The van der Waals surface area contributed by atoms with Crippen molar-refractivity contribution < 1.29 is 9.90 Å². The van der Waals surface area contributed by atoms with Gasteiger partial charge in [-0.1, -0.05) is 39.8 Å². The molecule has 0 aliphatic heterocycles. The summed E-state index contributed by atoms with van der Waals surface area (Å²) in [5.41, 5.74) is 3.71. The molecule has 3 nitrogen and oxygen atoms in total. The lowest BCUT2D eigenvalue weighted by molar-refractivity contribution is 0.0978. The summed E-state index contributed by atoms with van der Waals surface area (Å²) in [5.74, 6) is 1.05. The summed E-state index contributed by atoms with van der Waals surface area (Å²) < 4.78 is 0. The molecule has 2 N–H and O–H groups in total. The number of phenols is 1. The van der Waals surface area contributed by atoms with E-state index in [1.165, 1.54) is 0 Å². The summed E-state index contributed by atoms with van der Waals surface area (Å²) in [4.78, 5) is 15.1. The number of aromatic hydroxyl groups is 1. The summed E-state index contributed by atoms with van der Waals surface area (Å²) in [7, 11) is 0. The molecule has 1 heterocycles. The maximum atomic E-state index is 12.1. The maximum absolute atomic E-state index is 12.1. The molecule has 0 bridgehead atoms. The number of H-pyrrole nitrogens is 1. The third kappa shape index (κ3) is 3.59. The number of aromatic amines is 1. The molecule has 0 spiro atoms. The van der Waals surface area contributed by atoms with Crippen LogP contribution in [0.3, 0.4) is 0 Å². The van der Waals surface area contributed by atoms with Crippen LogP contribution >= 0.6 is 0 Å². The minimum atomic E-state index is 0.121. The highest BCUT2D eigenvalue weighted by Crippen LogP contribution is 2.35. The molecule has 0 fully saturated rings. The summed E-state index contributed by atoms with van der Waals surface area (Å²) in [5, 5.41) is 10.4. The second kappa shape index (κ2) is 6.82. The van der Waals surface area contributed by atoms with Gasteiger partial charge in [-0.25, -0.2) is 0 Å². The van der Waals surface area contributed by atoms with E-state index in [9.17, 15) is 9.90 Å². The number of aromatic nitrogens is 1. The first kappa shape index (κ1) is 16.3. The second-order valence-electron chi connectivity index (χ2n) is 6.44. The number of rotatable bonds is 6. The largest absolute Gasteiger partial charge is 0.507 e. The van der Waals surface area contributed by atoms with Gasteiger partial charge < -0.3 is 10.1 Å². The zero-order valence-electron chi connectivity index (χ0n) is 13.8. The molecule has 2 rings (SSSR count). The lowest BCUT2D eigenvalue weighted by atomic mass is 9.90. The fourth-order valence-electron chi connectivity index (χ4n) is 2.67. The van der Waals surface area contributed by atoms with Gasteiger partial charge in [0.1, 0.15) is 5.75 Å². The van der Waals surface area contributed by atoms with Gasteiger partial charge in [-0.3, -0.25) is 4.79 Å². The number of hydrogen-bond acceptors (Lipinski definition) is 2. The number of ketones is 1. The molecule has 0 amide bonds. The van der Waals surface area contributed by atoms with E-state index in [4.69, 9.17) is 0 Å². The van der Waals surface area contributed by atoms with Crippen molar-refractivity contribution in [3.8, 4) is 5.75 Å². The van der Waals surface area contributed by atoms with Crippen molar-refractivity contribution >= 4 is 5.78 Å². The van der Waals surface area contributed by atoms with Crippen molar-refractivity contribution in [2.45, 2.75) is 52.4 Å². The number of carbonyl (C=O) groups excluding carboxylic acids is 1. The number of hydrogen-bond donors (Lipinski definition) is 2. The first-order valence-corrected chi connectivity index (χ1v) is 7.92. The van der Waals surface area contributed by atoms with Gasteiger partial charge in [0.15, 0.2) is 5.78 Å². The van der Waals surface area contributed by atoms with Gasteiger partial charge in [-0.2, -0.15) is 0 Å². The van der Waals surface area contributed by atoms with Crippen molar-refractivity contribution in [2.24, 2.45) is 0 Å². The van der Waals surface area contributed by atoms with E-state index in [-0.39, 0.29) is 17.6 Å². The van der Waals surface area contributed by atoms with Crippen LogP contribution in [0.1, 0.15) is 73.1 Å². The van der Waals surface area contributed by atoms with E-state index in [1.807, 2.05) is 18.2 Å². The average molecular weight is 299 g/mol. The van der Waals surface area contributed by atoms with Crippen molar-refractivity contribution in [3.63, 3.8) is 0 Å². The third-order valence-electron chi connectivity index (χ3n) is 4.01. The van der Waals surface area contributed by atoms with Crippen molar-refractivity contribution in [2.75, 3.05) is 0 Å². The topological polar surface area (TPSA) is 53.1 Å².